The summed E-state index contributed by atoms with van der Waals surface area (Å²) in [5.41, 5.74) is 1.46. The minimum absolute atomic E-state index is 0.432. The molecule has 1 nitrogen and oxygen atoms in total. The third kappa shape index (κ3) is 1.91. The first-order chi connectivity index (χ1) is 7.08. The fourth-order valence-corrected chi connectivity index (χ4v) is 2.40. The van der Waals surface area contributed by atoms with Crippen molar-refractivity contribution in [3.8, 4) is 0 Å². The van der Waals surface area contributed by atoms with Gasteiger partial charge < -0.3 is 5.11 Å². The van der Waals surface area contributed by atoms with Gasteiger partial charge in [0.25, 0.3) is 0 Å². The van der Waals surface area contributed by atoms with E-state index in [1.54, 1.807) is 0 Å². The van der Waals surface area contributed by atoms with Crippen LogP contribution in [0.5, 0.6) is 0 Å². The second-order valence-corrected chi connectivity index (χ2v) is 4.99. The molecule has 0 aromatic heterocycles. The molecule has 0 radical (unpaired) electrons. The van der Waals surface area contributed by atoms with E-state index in [0.717, 1.165) is 35.4 Å². The van der Waals surface area contributed by atoms with Crippen LogP contribution in [0, 0.1) is 12.8 Å². The van der Waals surface area contributed by atoms with Crippen LogP contribution in [0.15, 0.2) is 18.2 Å². The minimum Gasteiger partial charge on any atom is -0.385 e. The highest BCUT2D eigenvalue weighted by Crippen LogP contribution is 2.54. The first-order valence-electron chi connectivity index (χ1n) is 5.57. The largest absolute Gasteiger partial charge is 0.385 e. The summed E-state index contributed by atoms with van der Waals surface area (Å²) in [6, 6.07) is 5.89. The van der Waals surface area contributed by atoms with Crippen LogP contribution in [-0.4, -0.2) is 5.11 Å². The van der Waals surface area contributed by atoms with Crippen LogP contribution in [0.25, 0.3) is 0 Å². The molecule has 0 saturated heterocycles. The molecule has 1 fully saturated rings. The summed E-state index contributed by atoms with van der Waals surface area (Å²) < 4.78 is 0. The zero-order valence-electron chi connectivity index (χ0n) is 9.26. The van der Waals surface area contributed by atoms with Crippen molar-refractivity contribution in [2.24, 2.45) is 5.92 Å². The topological polar surface area (TPSA) is 20.2 Å². The van der Waals surface area contributed by atoms with Crippen LogP contribution in [0.1, 0.15) is 37.3 Å². The number of rotatable bonds is 3. The molecule has 2 atom stereocenters. The Morgan fingerprint density at radius 2 is 2.27 bits per heavy atom. The molecular formula is C13H17ClO. The molecule has 0 bridgehead atoms. The van der Waals surface area contributed by atoms with Crippen molar-refractivity contribution >= 4 is 11.6 Å². The van der Waals surface area contributed by atoms with E-state index < -0.39 is 5.60 Å². The Hall–Kier alpha value is -0.530. The van der Waals surface area contributed by atoms with Gasteiger partial charge in [0, 0.05) is 5.02 Å². The molecule has 1 aromatic rings. The first-order valence-corrected chi connectivity index (χ1v) is 5.94. The van der Waals surface area contributed by atoms with Crippen molar-refractivity contribution in [1.29, 1.82) is 0 Å². The van der Waals surface area contributed by atoms with Crippen LogP contribution in [-0.2, 0) is 5.60 Å². The quantitative estimate of drug-likeness (QED) is 0.831. The normalized spacial score (nSPS) is 29.2. The van der Waals surface area contributed by atoms with Crippen LogP contribution >= 0.6 is 11.6 Å². The lowest BCUT2D eigenvalue weighted by Gasteiger charge is -2.12. The molecule has 0 spiro atoms. The van der Waals surface area contributed by atoms with Gasteiger partial charge in [0.05, 0.1) is 5.60 Å². The van der Waals surface area contributed by atoms with Crippen LogP contribution in [0.2, 0.25) is 5.02 Å². The van der Waals surface area contributed by atoms with E-state index in [2.05, 4.69) is 6.92 Å². The Morgan fingerprint density at radius 1 is 1.53 bits per heavy atom. The van der Waals surface area contributed by atoms with Gasteiger partial charge >= 0.3 is 0 Å². The summed E-state index contributed by atoms with van der Waals surface area (Å²) in [5, 5.41) is 11.1. The molecule has 2 heteroatoms. The van der Waals surface area contributed by atoms with Gasteiger partial charge in [-0.2, -0.15) is 0 Å². The second-order valence-electron chi connectivity index (χ2n) is 4.58. The van der Waals surface area contributed by atoms with Gasteiger partial charge in [0.1, 0.15) is 0 Å². The summed E-state index contributed by atoms with van der Waals surface area (Å²) in [7, 11) is 0. The number of hydrogen-bond donors (Lipinski definition) is 1. The summed E-state index contributed by atoms with van der Waals surface area (Å²) in [6.45, 7) is 4.13. The highest BCUT2D eigenvalue weighted by atomic mass is 35.5. The molecule has 1 aliphatic carbocycles. The van der Waals surface area contributed by atoms with Gasteiger partial charge in [-0.25, -0.2) is 0 Å². The first kappa shape index (κ1) is 11.0. The Morgan fingerprint density at radius 3 is 2.87 bits per heavy atom. The minimum atomic E-state index is -0.590. The van der Waals surface area contributed by atoms with Crippen molar-refractivity contribution in [2.45, 2.75) is 38.7 Å². The van der Waals surface area contributed by atoms with Crippen LogP contribution < -0.4 is 0 Å². The van der Waals surface area contributed by atoms with E-state index >= 15 is 0 Å². The third-order valence-electron chi connectivity index (χ3n) is 3.38. The van der Waals surface area contributed by atoms with Crippen LogP contribution in [0.4, 0.5) is 0 Å². The van der Waals surface area contributed by atoms with Crippen molar-refractivity contribution in [3.05, 3.63) is 34.3 Å². The lowest BCUT2D eigenvalue weighted by Crippen LogP contribution is -2.08. The van der Waals surface area contributed by atoms with E-state index in [4.69, 9.17) is 11.6 Å². The number of benzene rings is 1. The predicted molar refractivity (Wildman–Crippen MR) is 63.1 cm³/mol. The Labute approximate surface area is 96.1 Å². The van der Waals surface area contributed by atoms with E-state index in [1.807, 2.05) is 25.1 Å². The molecule has 82 valence electrons. The fourth-order valence-electron chi connectivity index (χ4n) is 2.22. The molecule has 1 saturated carbocycles. The van der Waals surface area contributed by atoms with Gasteiger partial charge in [0.2, 0.25) is 0 Å². The van der Waals surface area contributed by atoms with Gasteiger partial charge in [-0.05, 0) is 42.9 Å². The summed E-state index contributed by atoms with van der Waals surface area (Å²) in [6.07, 6.45) is 3.12. The zero-order chi connectivity index (χ0) is 11.1. The number of hydrogen-bond acceptors (Lipinski definition) is 1. The standard InChI is InChI=1S/C13H17ClO/c1-3-4-11-8-13(11,15)10-6-5-9(2)12(14)7-10/h5-7,11,15H,3-4,8H2,1-2H3. The number of aliphatic hydroxyl groups is 1. The maximum atomic E-state index is 10.3. The predicted octanol–water partition coefficient (Wildman–Crippen LogP) is 3.66. The van der Waals surface area contributed by atoms with Gasteiger partial charge in [-0.3, -0.25) is 0 Å². The van der Waals surface area contributed by atoms with E-state index in [0.29, 0.717) is 5.92 Å². The zero-order valence-corrected chi connectivity index (χ0v) is 10.0. The average Bonchev–Trinajstić information content (AvgIpc) is 2.84. The summed E-state index contributed by atoms with van der Waals surface area (Å²) >= 11 is 6.06. The van der Waals surface area contributed by atoms with Gasteiger partial charge in [-0.15, -0.1) is 0 Å². The van der Waals surface area contributed by atoms with Crippen molar-refractivity contribution in [2.75, 3.05) is 0 Å². The highest BCUT2D eigenvalue weighted by molar-refractivity contribution is 6.31. The monoisotopic (exact) mass is 224 g/mol. The van der Waals surface area contributed by atoms with Gasteiger partial charge in [0.15, 0.2) is 0 Å². The molecule has 2 unspecified atom stereocenters. The van der Waals surface area contributed by atoms with Crippen molar-refractivity contribution < 1.29 is 5.11 Å². The molecular weight excluding hydrogens is 208 g/mol. The van der Waals surface area contributed by atoms with Crippen molar-refractivity contribution in [1.82, 2.24) is 0 Å². The maximum absolute atomic E-state index is 10.3. The molecule has 1 aliphatic rings. The third-order valence-corrected chi connectivity index (χ3v) is 3.79. The molecule has 2 rings (SSSR count). The van der Waals surface area contributed by atoms with Crippen LogP contribution in [0.3, 0.4) is 0 Å². The molecule has 0 amide bonds. The van der Waals surface area contributed by atoms with E-state index in [-0.39, 0.29) is 0 Å². The maximum Gasteiger partial charge on any atom is 0.0930 e. The number of halogens is 1. The summed E-state index contributed by atoms with van der Waals surface area (Å²) in [5.74, 6) is 0.432. The molecule has 15 heavy (non-hydrogen) atoms. The highest BCUT2D eigenvalue weighted by Gasteiger charge is 2.53. The second kappa shape index (κ2) is 3.80. The van der Waals surface area contributed by atoms with E-state index in [9.17, 15) is 5.11 Å². The Kier molecular flexibility index (Phi) is 2.78. The SMILES string of the molecule is CCCC1CC1(O)c1ccc(C)c(Cl)c1. The molecule has 0 heterocycles. The molecule has 0 aliphatic heterocycles. The van der Waals surface area contributed by atoms with E-state index in [1.165, 1.54) is 0 Å². The Bertz CT molecular complexity index is 375. The molecule has 1 N–H and O–H groups in total. The fraction of sp³-hybridized carbons (Fsp3) is 0.538. The molecule has 1 aromatic carbocycles. The van der Waals surface area contributed by atoms with Gasteiger partial charge in [-0.1, -0.05) is 37.1 Å². The number of aryl methyl sites for hydroxylation is 1. The van der Waals surface area contributed by atoms with Crippen molar-refractivity contribution in [3.63, 3.8) is 0 Å². The lowest BCUT2D eigenvalue weighted by atomic mass is 10.0. The lowest BCUT2D eigenvalue weighted by molar-refractivity contribution is 0.129. The average molecular weight is 225 g/mol. The Balaban J connectivity index is 2.21. The summed E-state index contributed by atoms with van der Waals surface area (Å²) in [4.78, 5) is 0. The smallest absolute Gasteiger partial charge is 0.0930 e.